The Labute approximate surface area is 183 Å². The van der Waals surface area contributed by atoms with Crippen LogP contribution < -0.4 is 10.3 Å². The van der Waals surface area contributed by atoms with Crippen molar-refractivity contribution >= 4 is 32.4 Å². The van der Waals surface area contributed by atoms with Gasteiger partial charge in [0, 0.05) is 11.3 Å². The van der Waals surface area contributed by atoms with Crippen LogP contribution >= 0.6 is 0 Å². The highest BCUT2D eigenvalue weighted by atomic mass is 32.2. The van der Waals surface area contributed by atoms with Gasteiger partial charge in [-0.25, -0.2) is 13.4 Å². The van der Waals surface area contributed by atoms with E-state index in [1.807, 2.05) is 13.0 Å². The zero-order valence-corrected chi connectivity index (χ0v) is 17.6. The molecule has 0 fully saturated rings. The Morgan fingerprint density at radius 1 is 1.03 bits per heavy atom. The normalized spacial score (nSPS) is 11.1. The van der Waals surface area contributed by atoms with E-state index in [9.17, 15) is 18.0 Å². The Bertz CT molecular complexity index is 1550. The number of aromatic nitrogens is 2. The first-order chi connectivity index (χ1) is 15.3. The number of carbonyl (C=O) groups excluding carboxylic acids is 1. The molecule has 32 heavy (non-hydrogen) atoms. The van der Waals surface area contributed by atoms with Crippen molar-refractivity contribution in [3.8, 4) is 6.07 Å². The predicted molar refractivity (Wildman–Crippen MR) is 119 cm³/mol. The molecule has 0 saturated carbocycles. The highest BCUT2D eigenvalue weighted by Gasteiger charge is 2.17. The van der Waals surface area contributed by atoms with Gasteiger partial charge in [0.1, 0.15) is 0 Å². The second-order valence-electron chi connectivity index (χ2n) is 7.08. The summed E-state index contributed by atoms with van der Waals surface area (Å²) in [4.78, 5) is 32.0. The Hall–Kier alpha value is -4.29. The van der Waals surface area contributed by atoms with E-state index in [-0.39, 0.29) is 32.9 Å². The monoisotopic (exact) mass is 444 g/mol. The number of nitrogens with one attached hydrogen (secondary N) is 2. The lowest BCUT2D eigenvalue weighted by atomic mass is 10.1. The van der Waals surface area contributed by atoms with Crippen molar-refractivity contribution in [3.05, 3.63) is 99.6 Å². The van der Waals surface area contributed by atoms with Crippen LogP contribution in [0.1, 0.15) is 27.3 Å². The molecule has 0 spiro atoms. The molecular formula is C23H16N4O4S. The molecule has 9 heteroatoms. The fourth-order valence-corrected chi connectivity index (χ4v) is 4.12. The number of hydrogen-bond acceptors (Lipinski definition) is 6. The highest BCUT2D eigenvalue weighted by molar-refractivity contribution is 7.92. The SMILES string of the molecule is Cc1ccc(S(=O)(=O)Nc2ccc3nc(C(=O)c4ccc(C#N)cc4)[nH]c(=O)c3c2)cc1. The smallest absolute Gasteiger partial charge is 0.261 e. The van der Waals surface area contributed by atoms with Gasteiger partial charge in [-0.1, -0.05) is 17.7 Å². The molecule has 0 radical (unpaired) electrons. The van der Waals surface area contributed by atoms with Gasteiger partial charge in [0.25, 0.3) is 15.6 Å². The number of carbonyl (C=O) groups is 1. The van der Waals surface area contributed by atoms with Crippen molar-refractivity contribution in [3.63, 3.8) is 0 Å². The fraction of sp³-hybridized carbons (Fsp3) is 0.0435. The van der Waals surface area contributed by atoms with E-state index in [0.29, 0.717) is 5.56 Å². The van der Waals surface area contributed by atoms with Crippen LogP contribution in [0.2, 0.25) is 0 Å². The summed E-state index contributed by atoms with van der Waals surface area (Å²) in [6.45, 7) is 1.85. The maximum Gasteiger partial charge on any atom is 0.261 e. The number of nitriles is 1. The number of ketones is 1. The van der Waals surface area contributed by atoms with Crippen molar-refractivity contribution in [2.24, 2.45) is 0 Å². The van der Waals surface area contributed by atoms with Crippen LogP contribution in [0.4, 0.5) is 5.69 Å². The lowest BCUT2D eigenvalue weighted by Crippen LogP contribution is -2.17. The standard InChI is InChI=1S/C23H16N4O4S/c1-14-2-9-18(10-3-14)32(30,31)27-17-8-11-20-19(12-17)23(29)26-22(25-20)21(28)16-6-4-15(13-24)5-7-16/h2-12,27H,1H3,(H,25,26,29). The summed E-state index contributed by atoms with van der Waals surface area (Å²) in [5.41, 5.74) is 1.46. The van der Waals surface area contributed by atoms with Crippen LogP contribution in [-0.4, -0.2) is 24.2 Å². The number of fused-ring (bicyclic) bond motifs is 1. The number of benzene rings is 3. The number of aromatic amines is 1. The molecule has 4 rings (SSSR count). The van der Waals surface area contributed by atoms with E-state index in [1.54, 1.807) is 12.1 Å². The molecular weight excluding hydrogens is 428 g/mol. The van der Waals surface area contributed by atoms with Crippen LogP contribution in [-0.2, 0) is 10.0 Å². The van der Waals surface area contributed by atoms with E-state index in [0.717, 1.165) is 5.56 Å². The summed E-state index contributed by atoms with van der Waals surface area (Å²) in [6, 6.07) is 18.6. The van der Waals surface area contributed by atoms with Gasteiger partial charge in [-0.15, -0.1) is 0 Å². The third-order valence-corrected chi connectivity index (χ3v) is 6.18. The van der Waals surface area contributed by atoms with Gasteiger partial charge in [-0.3, -0.25) is 14.3 Å². The van der Waals surface area contributed by atoms with Crippen molar-refractivity contribution < 1.29 is 13.2 Å². The second kappa shape index (κ2) is 8.09. The molecule has 0 bridgehead atoms. The molecule has 0 aliphatic rings. The average Bonchev–Trinajstić information content (AvgIpc) is 2.79. The molecule has 158 valence electrons. The summed E-state index contributed by atoms with van der Waals surface area (Å²) in [7, 11) is -3.83. The molecule has 0 saturated heterocycles. The van der Waals surface area contributed by atoms with Crippen molar-refractivity contribution in [1.82, 2.24) is 9.97 Å². The zero-order chi connectivity index (χ0) is 22.9. The van der Waals surface area contributed by atoms with Crippen LogP contribution in [0.5, 0.6) is 0 Å². The lowest BCUT2D eigenvalue weighted by molar-refractivity contribution is 0.102. The first kappa shape index (κ1) is 21.0. The van der Waals surface area contributed by atoms with Gasteiger partial charge in [0.2, 0.25) is 5.78 Å². The topological polar surface area (TPSA) is 133 Å². The summed E-state index contributed by atoms with van der Waals surface area (Å²) < 4.78 is 27.7. The van der Waals surface area contributed by atoms with Gasteiger partial charge in [0.15, 0.2) is 5.82 Å². The van der Waals surface area contributed by atoms with Crippen molar-refractivity contribution in [2.45, 2.75) is 11.8 Å². The largest absolute Gasteiger partial charge is 0.303 e. The van der Waals surface area contributed by atoms with E-state index < -0.39 is 21.4 Å². The number of H-pyrrole nitrogens is 1. The summed E-state index contributed by atoms with van der Waals surface area (Å²) in [5, 5.41) is 9.00. The fourth-order valence-electron chi connectivity index (χ4n) is 3.07. The quantitative estimate of drug-likeness (QED) is 0.455. The maximum atomic E-state index is 12.7. The number of nitrogens with zero attached hydrogens (tertiary/aromatic N) is 2. The maximum absolute atomic E-state index is 12.7. The molecule has 3 aromatic carbocycles. The van der Waals surface area contributed by atoms with Gasteiger partial charge >= 0.3 is 0 Å². The van der Waals surface area contributed by atoms with E-state index in [1.165, 1.54) is 54.6 Å². The summed E-state index contributed by atoms with van der Waals surface area (Å²) >= 11 is 0. The minimum atomic E-state index is -3.83. The molecule has 2 N–H and O–H groups in total. The third-order valence-electron chi connectivity index (χ3n) is 4.78. The molecule has 1 heterocycles. The van der Waals surface area contributed by atoms with Gasteiger partial charge < -0.3 is 4.98 Å². The number of sulfonamides is 1. The Kier molecular flexibility index (Phi) is 5.30. The van der Waals surface area contributed by atoms with Gasteiger partial charge in [-0.2, -0.15) is 5.26 Å². The lowest BCUT2D eigenvalue weighted by Gasteiger charge is -2.09. The van der Waals surface area contributed by atoms with Crippen LogP contribution in [0.3, 0.4) is 0 Å². The molecule has 4 aromatic rings. The number of rotatable bonds is 5. The average molecular weight is 444 g/mol. The van der Waals surface area contributed by atoms with Crippen LogP contribution in [0.15, 0.2) is 76.4 Å². The van der Waals surface area contributed by atoms with E-state index >= 15 is 0 Å². The van der Waals surface area contributed by atoms with E-state index in [2.05, 4.69) is 14.7 Å². The Morgan fingerprint density at radius 3 is 2.38 bits per heavy atom. The number of anilines is 1. The van der Waals surface area contributed by atoms with Crippen molar-refractivity contribution in [1.29, 1.82) is 5.26 Å². The van der Waals surface area contributed by atoms with Crippen LogP contribution in [0, 0.1) is 18.3 Å². The predicted octanol–water partition coefficient (Wildman–Crippen LogP) is 3.14. The first-order valence-corrected chi connectivity index (χ1v) is 10.9. The molecule has 0 atom stereocenters. The molecule has 8 nitrogen and oxygen atoms in total. The van der Waals surface area contributed by atoms with Crippen LogP contribution in [0.25, 0.3) is 10.9 Å². The zero-order valence-electron chi connectivity index (χ0n) is 16.8. The molecule has 0 aliphatic heterocycles. The second-order valence-corrected chi connectivity index (χ2v) is 8.77. The number of aryl methyl sites for hydroxylation is 1. The van der Waals surface area contributed by atoms with Crippen molar-refractivity contribution in [2.75, 3.05) is 4.72 Å². The highest BCUT2D eigenvalue weighted by Crippen LogP contribution is 2.20. The first-order valence-electron chi connectivity index (χ1n) is 9.45. The van der Waals surface area contributed by atoms with E-state index in [4.69, 9.17) is 5.26 Å². The minimum absolute atomic E-state index is 0.0959. The third kappa shape index (κ3) is 4.12. The molecule has 0 unspecified atom stereocenters. The van der Waals surface area contributed by atoms with Gasteiger partial charge in [0.05, 0.1) is 27.4 Å². The minimum Gasteiger partial charge on any atom is -0.303 e. The summed E-state index contributed by atoms with van der Waals surface area (Å²) in [5.74, 6) is -0.655. The molecule has 1 aromatic heterocycles. The number of hydrogen-bond donors (Lipinski definition) is 2. The molecule has 0 aliphatic carbocycles. The molecule has 0 amide bonds. The van der Waals surface area contributed by atoms with Gasteiger partial charge in [-0.05, 0) is 61.5 Å². The Morgan fingerprint density at radius 2 is 1.72 bits per heavy atom. The summed E-state index contributed by atoms with van der Waals surface area (Å²) in [6.07, 6.45) is 0. The Balaban J connectivity index is 1.66.